The van der Waals surface area contributed by atoms with Gasteiger partial charge in [0.25, 0.3) is 0 Å². The number of aromatic hydroxyl groups is 1. The van der Waals surface area contributed by atoms with Crippen molar-refractivity contribution in [1.82, 2.24) is 14.9 Å². The highest BCUT2D eigenvalue weighted by atomic mass is 32.1. The van der Waals surface area contributed by atoms with E-state index < -0.39 is 0 Å². The Morgan fingerprint density at radius 1 is 1.29 bits per heavy atom. The minimum Gasteiger partial charge on any atom is -0.504 e. The number of nitrogens with one attached hydrogen (secondary N) is 1. The zero-order valence-corrected chi connectivity index (χ0v) is 13.8. The Morgan fingerprint density at radius 2 is 2.08 bits per heavy atom. The lowest BCUT2D eigenvalue weighted by Crippen LogP contribution is -1.96. The second-order valence-electron chi connectivity index (χ2n) is 4.93. The van der Waals surface area contributed by atoms with Gasteiger partial charge in [-0.05, 0) is 42.9 Å². The average Bonchev–Trinajstić information content (AvgIpc) is 2.97. The predicted octanol–water partition coefficient (Wildman–Crippen LogP) is 3.59. The Kier molecular flexibility index (Phi) is 4.72. The number of ether oxygens (including phenoxy) is 1. The third-order valence-electron chi connectivity index (χ3n) is 3.29. The molecule has 3 rings (SSSR count). The number of nitrogens with zero attached hydrogens (tertiary/aromatic N) is 3. The highest BCUT2D eigenvalue weighted by Crippen LogP contribution is 2.26. The van der Waals surface area contributed by atoms with Crippen LogP contribution in [0.25, 0.3) is 11.4 Å². The van der Waals surface area contributed by atoms with Crippen LogP contribution in [0, 0.1) is 4.77 Å². The number of aromatic amines is 1. The number of phenolic OH excluding ortho intramolecular Hbond substituents is 1. The molecular formula is C17H16N4O2S. The molecule has 0 amide bonds. The summed E-state index contributed by atoms with van der Waals surface area (Å²) >= 11 is 5.24. The van der Waals surface area contributed by atoms with Gasteiger partial charge >= 0.3 is 0 Å². The van der Waals surface area contributed by atoms with E-state index in [1.807, 2.05) is 37.3 Å². The van der Waals surface area contributed by atoms with E-state index in [-0.39, 0.29) is 5.75 Å². The van der Waals surface area contributed by atoms with Crippen LogP contribution in [-0.4, -0.2) is 32.8 Å². The van der Waals surface area contributed by atoms with E-state index >= 15 is 0 Å². The van der Waals surface area contributed by atoms with Crippen LogP contribution in [0.15, 0.2) is 53.6 Å². The van der Waals surface area contributed by atoms with E-state index in [1.54, 1.807) is 29.1 Å². The molecule has 0 aliphatic heterocycles. The number of rotatable bonds is 5. The van der Waals surface area contributed by atoms with Crippen molar-refractivity contribution in [3.05, 3.63) is 58.9 Å². The van der Waals surface area contributed by atoms with Gasteiger partial charge in [-0.1, -0.05) is 30.3 Å². The first-order chi connectivity index (χ1) is 11.7. The molecule has 2 aromatic carbocycles. The molecule has 1 heterocycles. The lowest BCUT2D eigenvalue weighted by Gasteiger charge is -2.06. The molecular weight excluding hydrogens is 324 g/mol. The van der Waals surface area contributed by atoms with E-state index in [0.717, 1.165) is 11.1 Å². The molecule has 3 aromatic rings. The van der Waals surface area contributed by atoms with Crippen LogP contribution in [0.3, 0.4) is 0 Å². The average molecular weight is 340 g/mol. The van der Waals surface area contributed by atoms with E-state index in [0.29, 0.717) is 23.0 Å². The van der Waals surface area contributed by atoms with Crippen molar-refractivity contribution in [2.45, 2.75) is 6.92 Å². The third kappa shape index (κ3) is 3.36. The number of hydrogen-bond donors (Lipinski definition) is 2. The zero-order chi connectivity index (χ0) is 16.9. The number of benzene rings is 2. The molecule has 0 aliphatic rings. The van der Waals surface area contributed by atoms with Gasteiger partial charge in [0.05, 0.1) is 12.8 Å². The summed E-state index contributed by atoms with van der Waals surface area (Å²) in [5.41, 5.74) is 1.68. The molecule has 1 aromatic heterocycles. The van der Waals surface area contributed by atoms with Crippen LogP contribution in [0.2, 0.25) is 0 Å². The van der Waals surface area contributed by atoms with E-state index in [1.165, 1.54) is 0 Å². The minimum absolute atomic E-state index is 0.0962. The van der Waals surface area contributed by atoms with Crippen molar-refractivity contribution in [1.29, 1.82) is 0 Å². The topological polar surface area (TPSA) is 75.4 Å². The molecule has 0 radical (unpaired) electrons. The van der Waals surface area contributed by atoms with Gasteiger partial charge in [-0.15, -0.1) is 0 Å². The smallest absolute Gasteiger partial charge is 0.216 e. The molecule has 0 fully saturated rings. The molecule has 0 unspecified atom stereocenters. The first-order valence-corrected chi connectivity index (χ1v) is 7.83. The quantitative estimate of drug-likeness (QED) is 0.550. The van der Waals surface area contributed by atoms with Crippen molar-refractivity contribution in [2.75, 3.05) is 6.61 Å². The van der Waals surface area contributed by atoms with Crippen LogP contribution < -0.4 is 4.74 Å². The van der Waals surface area contributed by atoms with Gasteiger partial charge in [0, 0.05) is 5.56 Å². The summed E-state index contributed by atoms with van der Waals surface area (Å²) in [5, 5.41) is 21.1. The first kappa shape index (κ1) is 15.9. The Morgan fingerprint density at radius 3 is 2.83 bits per heavy atom. The summed E-state index contributed by atoms with van der Waals surface area (Å²) in [6.45, 7) is 2.33. The fourth-order valence-corrected chi connectivity index (χ4v) is 2.36. The SMILES string of the molecule is CCOc1cc(/C=N/n2c(-c3ccccc3)n[nH]c2=S)ccc1O. The van der Waals surface area contributed by atoms with Crippen molar-refractivity contribution in [3.8, 4) is 22.9 Å². The molecule has 122 valence electrons. The van der Waals surface area contributed by atoms with E-state index in [9.17, 15) is 5.11 Å². The largest absolute Gasteiger partial charge is 0.504 e. The van der Waals surface area contributed by atoms with Gasteiger partial charge < -0.3 is 9.84 Å². The number of aromatic nitrogens is 3. The van der Waals surface area contributed by atoms with Gasteiger partial charge in [0.15, 0.2) is 17.3 Å². The van der Waals surface area contributed by atoms with Crippen molar-refractivity contribution >= 4 is 18.4 Å². The zero-order valence-electron chi connectivity index (χ0n) is 13.0. The van der Waals surface area contributed by atoms with Crippen molar-refractivity contribution in [2.24, 2.45) is 5.10 Å². The fraction of sp³-hybridized carbons (Fsp3) is 0.118. The Balaban J connectivity index is 1.95. The minimum atomic E-state index is 0.0962. The van der Waals surface area contributed by atoms with Crippen molar-refractivity contribution in [3.63, 3.8) is 0 Å². The predicted molar refractivity (Wildman–Crippen MR) is 95.1 cm³/mol. The van der Waals surface area contributed by atoms with Crippen LogP contribution >= 0.6 is 12.2 Å². The summed E-state index contributed by atoms with van der Waals surface area (Å²) in [7, 11) is 0. The Labute approximate surface area is 144 Å². The normalized spacial score (nSPS) is 11.0. The molecule has 6 nitrogen and oxygen atoms in total. The maximum Gasteiger partial charge on any atom is 0.216 e. The fourth-order valence-electron chi connectivity index (χ4n) is 2.18. The Hall–Kier alpha value is -2.93. The lowest BCUT2D eigenvalue weighted by molar-refractivity contribution is 0.318. The van der Waals surface area contributed by atoms with Crippen LogP contribution in [0.4, 0.5) is 0 Å². The Bertz CT molecular complexity index is 916. The summed E-state index contributed by atoms with van der Waals surface area (Å²) in [6.07, 6.45) is 1.64. The number of hydrogen-bond acceptors (Lipinski definition) is 5. The van der Waals surface area contributed by atoms with Crippen LogP contribution in [0.5, 0.6) is 11.5 Å². The molecule has 0 spiro atoms. The monoisotopic (exact) mass is 340 g/mol. The molecule has 0 bridgehead atoms. The first-order valence-electron chi connectivity index (χ1n) is 7.42. The van der Waals surface area contributed by atoms with E-state index in [4.69, 9.17) is 17.0 Å². The van der Waals surface area contributed by atoms with Gasteiger partial charge in [0.1, 0.15) is 0 Å². The summed E-state index contributed by atoms with van der Waals surface area (Å²) in [6, 6.07) is 14.7. The number of H-pyrrole nitrogens is 1. The molecule has 0 saturated heterocycles. The van der Waals surface area contributed by atoms with Crippen molar-refractivity contribution < 1.29 is 9.84 Å². The van der Waals surface area contributed by atoms with Crippen LogP contribution in [-0.2, 0) is 0 Å². The summed E-state index contributed by atoms with van der Waals surface area (Å²) < 4.78 is 7.32. The highest BCUT2D eigenvalue weighted by molar-refractivity contribution is 7.71. The maximum atomic E-state index is 9.75. The summed E-state index contributed by atoms with van der Waals surface area (Å²) in [5.74, 6) is 1.14. The van der Waals surface area contributed by atoms with Gasteiger partial charge in [0.2, 0.25) is 4.77 Å². The van der Waals surface area contributed by atoms with E-state index in [2.05, 4.69) is 15.3 Å². The third-order valence-corrected chi connectivity index (χ3v) is 3.55. The standard InChI is InChI=1S/C17H16N4O2S/c1-2-23-15-10-12(8-9-14(15)22)11-18-21-16(19-20-17(21)24)13-6-4-3-5-7-13/h3-11,22H,2H2,1H3,(H,20,24)/b18-11+. The van der Waals surface area contributed by atoms with Crippen LogP contribution in [0.1, 0.15) is 12.5 Å². The molecule has 0 aliphatic carbocycles. The summed E-state index contributed by atoms with van der Waals surface area (Å²) in [4.78, 5) is 0. The van der Waals surface area contributed by atoms with Gasteiger partial charge in [-0.3, -0.25) is 0 Å². The lowest BCUT2D eigenvalue weighted by atomic mass is 10.2. The second-order valence-corrected chi connectivity index (χ2v) is 5.32. The molecule has 7 heteroatoms. The maximum absolute atomic E-state index is 9.75. The second kappa shape index (κ2) is 7.10. The highest BCUT2D eigenvalue weighted by Gasteiger charge is 2.07. The van der Waals surface area contributed by atoms with Gasteiger partial charge in [-0.25, -0.2) is 5.10 Å². The number of phenols is 1. The van der Waals surface area contributed by atoms with Gasteiger partial charge in [-0.2, -0.15) is 14.9 Å². The molecule has 0 saturated carbocycles. The molecule has 2 N–H and O–H groups in total. The molecule has 24 heavy (non-hydrogen) atoms. The molecule has 0 atom stereocenters.